The molecule has 1 aromatic heterocycles. The number of Topliss-reactive ketones (excluding diaryl/α,β-unsaturated/α-hetero) is 1. The van der Waals surface area contributed by atoms with Gasteiger partial charge in [0.2, 0.25) is 0 Å². The molecule has 6 nitrogen and oxygen atoms in total. The maximum Gasteiger partial charge on any atom is 0.295 e. The topological polar surface area (TPSA) is 73.7 Å². The monoisotopic (exact) mass is 369 g/mol. The average Bonchev–Trinajstić information content (AvgIpc) is 2.91. The van der Waals surface area contributed by atoms with Crippen molar-refractivity contribution in [3.05, 3.63) is 71.3 Å². The molecule has 7 heteroatoms. The summed E-state index contributed by atoms with van der Waals surface area (Å²) in [5.74, 6) is -2.25. The zero-order valence-electron chi connectivity index (χ0n) is 15.1. The van der Waals surface area contributed by atoms with Crippen LogP contribution in [-0.2, 0) is 9.59 Å². The number of carbonyl (C=O) groups is 2. The molecule has 140 valence electrons. The van der Waals surface area contributed by atoms with Crippen LogP contribution in [0.15, 0.2) is 54.2 Å². The summed E-state index contributed by atoms with van der Waals surface area (Å²) >= 11 is 0. The van der Waals surface area contributed by atoms with Crippen LogP contribution in [-0.4, -0.2) is 58.8 Å². The molecular formula is C20H20FN3O3. The summed E-state index contributed by atoms with van der Waals surface area (Å²) in [5, 5.41) is 10.7. The molecule has 2 heterocycles. The summed E-state index contributed by atoms with van der Waals surface area (Å²) in [4.78, 5) is 32.9. The smallest absolute Gasteiger partial charge is 0.295 e. The second kappa shape index (κ2) is 7.67. The zero-order chi connectivity index (χ0) is 19.6. The molecule has 1 saturated heterocycles. The normalized spacial score (nSPS) is 19.1. The van der Waals surface area contributed by atoms with E-state index in [1.807, 2.05) is 19.0 Å². The van der Waals surface area contributed by atoms with Crippen LogP contribution in [0.25, 0.3) is 5.76 Å². The first kappa shape index (κ1) is 18.7. The van der Waals surface area contributed by atoms with Crippen LogP contribution < -0.4 is 0 Å². The largest absolute Gasteiger partial charge is 0.507 e. The van der Waals surface area contributed by atoms with Crippen LogP contribution >= 0.6 is 0 Å². The van der Waals surface area contributed by atoms with Crippen molar-refractivity contribution in [3.63, 3.8) is 0 Å². The van der Waals surface area contributed by atoms with Gasteiger partial charge in [-0.2, -0.15) is 0 Å². The summed E-state index contributed by atoms with van der Waals surface area (Å²) in [6, 6.07) is 9.51. The third-order valence-corrected chi connectivity index (χ3v) is 4.41. The van der Waals surface area contributed by atoms with Crippen LogP contribution in [0.5, 0.6) is 0 Å². The van der Waals surface area contributed by atoms with Gasteiger partial charge in [0.1, 0.15) is 17.6 Å². The lowest BCUT2D eigenvalue weighted by molar-refractivity contribution is -0.140. The van der Waals surface area contributed by atoms with E-state index in [0.717, 1.165) is 0 Å². The number of aromatic nitrogens is 1. The number of ketones is 1. The third kappa shape index (κ3) is 3.73. The van der Waals surface area contributed by atoms with E-state index in [1.165, 1.54) is 29.2 Å². The second-order valence-electron chi connectivity index (χ2n) is 6.56. The number of likely N-dealkylation sites (N-methyl/N-ethyl adjacent to an activating group) is 1. The fourth-order valence-corrected chi connectivity index (χ4v) is 3.03. The zero-order valence-corrected chi connectivity index (χ0v) is 15.1. The van der Waals surface area contributed by atoms with Crippen molar-refractivity contribution in [2.45, 2.75) is 6.04 Å². The molecule has 27 heavy (non-hydrogen) atoms. The first-order valence-electron chi connectivity index (χ1n) is 8.50. The van der Waals surface area contributed by atoms with E-state index < -0.39 is 23.5 Å². The van der Waals surface area contributed by atoms with Gasteiger partial charge >= 0.3 is 0 Å². The van der Waals surface area contributed by atoms with Crippen molar-refractivity contribution < 1.29 is 19.1 Å². The van der Waals surface area contributed by atoms with Crippen LogP contribution in [0.4, 0.5) is 4.39 Å². The van der Waals surface area contributed by atoms with Crippen molar-refractivity contribution in [2.75, 3.05) is 27.2 Å². The predicted molar refractivity (Wildman–Crippen MR) is 98.2 cm³/mol. The lowest BCUT2D eigenvalue weighted by Gasteiger charge is -2.25. The number of halogens is 1. The lowest BCUT2D eigenvalue weighted by Crippen LogP contribution is -2.35. The number of amides is 1. The first-order chi connectivity index (χ1) is 12.9. The molecular weight excluding hydrogens is 349 g/mol. The van der Waals surface area contributed by atoms with Gasteiger partial charge in [0.15, 0.2) is 0 Å². The number of hydrogen-bond donors (Lipinski definition) is 1. The summed E-state index contributed by atoms with van der Waals surface area (Å²) in [5.41, 5.74) is 0.714. The summed E-state index contributed by atoms with van der Waals surface area (Å²) < 4.78 is 13.2. The van der Waals surface area contributed by atoms with Gasteiger partial charge in [-0.05, 0) is 50.5 Å². The Labute approximate surface area is 156 Å². The maximum absolute atomic E-state index is 13.2. The Bertz CT molecular complexity index is 879. The van der Waals surface area contributed by atoms with Gasteiger partial charge in [0.05, 0.1) is 11.3 Å². The highest BCUT2D eigenvalue weighted by Gasteiger charge is 2.46. The first-order valence-corrected chi connectivity index (χ1v) is 8.50. The van der Waals surface area contributed by atoms with Crippen molar-refractivity contribution in [2.24, 2.45) is 0 Å². The molecule has 1 aliphatic heterocycles. The number of nitrogens with zero attached hydrogens (tertiary/aromatic N) is 3. The Morgan fingerprint density at radius 3 is 2.48 bits per heavy atom. The van der Waals surface area contributed by atoms with E-state index in [9.17, 15) is 19.1 Å². The number of rotatable bonds is 5. The van der Waals surface area contributed by atoms with Gasteiger partial charge in [-0.3, -0.25) is 14.6 Å². The molecule has 1 atom stereocenters. The average molecular weight is 369 g/mol. The van der Waals surface area contributed by atoms with Crippen molar-refractivity contribution >= 4 is 17.4 Å². The van der Waals surface area contributed by atoms with E-state index in [0.29, 0.717) is 18.8 Å². The van der Waals surface area contributed by atoms with Crippen molar-refractivity contribution in [1.82, 2.24) is 14.8 Å². The number of pyridine rings is 1. The van der Waals surface area contributed by atoms with Gasteiger partial charge in [0.25, 0.3) is 11.7 Å². The highest BCUT2D eigenvalue weighted by molar-refractivity contribution is 6.46. The molecule has 3 rings (SSSR count). The molecule has 1 amide bonds. The quantitative estimate of drug-likeness (QED) is 0.497. The summed E-state index contributed by atoms with van der Waals surface area (Å²) in [6.45, 7) is 0.853. The number of aliphatic hydroxyl groups is 1. The SMILES string of the molecule is CN(C)CCN1C(=O)C(=O)/C(=C(\O)c2ccc(F)cc2)C1c1ccccn1. The van der Waals surface area contributed by atoms with Gasteiger partial charge in [-0.15, -0.1) is 0 Å². The third-order valence-electron chi connectivity index (χ3n) is 4.41. The van der Waals surface area contributed by atoms with E-state index in [1.54, 1.807) is 24.4 Å². The molecule has 0 bridgehead atoms. The number of aliphatic hydroxyl groups excluding tert-OH is 1. The molecule has 0 saturated carbocycles. The second-order valence-corrected chi connectivity index (χ2v) is 6.56. The van der Waals surface area contributed by atoms with Crippen LogP contribution in [0.2, 0.25) is 0 Å². The molecule has 1 aliphatic rings. The lowest BCUT2D eigenvalue weighted by atomic mass is 9.98. The molecule has 0 radical (unpaired) electrons. The number of hydrogen-bond acceptors (Lipinski definition) is 5. The molecule has 1 N–H and O–H groups in total. The Morgan fingerprint density at radius 1 is 1.19 bits per heavy atom. The van der Waals surface area contributed by atoms with E-state index in [4.69, 9.17) is 0 Å². The van der Waals surface area contributed by atoms with Gasteiger partial charge in [-0.1, -0.05) is 6.07 Å². The van der Waals surface area contributed by atoms with Crippen molar-refractivity contribution in [3.8, 4) is 0 Å². The molecule has 1 aromatic carbocycles. The minimum absolute atomic E-state index is 0.0379. The van der Waals surface area contributed by atoms with Gasteiger partial charge in [0, 0.05) is 24.8 Å². The van der Waals surface area contributed by atoms with Crippen LogP contribution in [0, 0.1) is 5.82 Å². The van der Waals surface area contributed by atoms with Crippen LogP contribution in [0.1, 0.15) is 17.3 Å². The van der Waals surface area contributed by atoms with Gasteiger partial charge < -0.3 is 14.9 Å². The highest BCUT2D eigenvalue weighted by atomic mass is 19.1. The number of benzene rings is 1. The molecule has 1 fully saturated rings. The molecule has 0 spiro atoms. The van der Waals surface area contributed by atoms with E-state index in [-0.39, 0.29) is 16.9 Å². The standard InChI is InChI=1S/C20H20FN3O3/c1-23(2)11-12-24-17(15-5-3-4-10-22-15)16(19(26)20(24)27)18(25)13-6-8-14(21)9-7-13/h3-10,17,25H,11-12H2,1-2H3/b18-16-. The Kier molecular flexibility index (Phi) is 5.32. The minimum atomic E-state index is -0.795. The summed E-state index contributed by atoms with van der Waals surface area (Å²) in [6.07, 6.45) is 1.57. The summed E-state index contributed by atoms with van der Waals surface area (Å²) in [7, 11) is 3.73. The highest BCUT2D eigenvalue weighted by Crippen LogP contribution is 2.38. The molecule has 0 aliphatic carbocycles. The fraction of sp³-hybridized carbons (Fsp3) is 0.250. The van der Waals surface area contributed by atoms with Gasteiger partial charge in [-0.25, -0.2) is 4.39 Å². The van der Waals surface area contributed by atoms with E-state index >= 15 is 0 Å². The fourth-order valence-electron chi connectivity index (χ4n) is 3.03. The van der Waals surface area contributed by atoms with Crippen molar-refractivity contribution in [1.29, 1.82) is 0 Å². The number of carbonyl (C=O) groups excluding carboxylic acids is 2. The van der Waals surface area contributed by atoms with Crippen LogP contribution in [0.3, 0.4) is 0 Å². The van der Waals surface area contributed by atoms with E-state index in [2.05, 4.69) is 4.98 Å². The molecule has 1 unspecified atom stereocenters. The Hall–Kier alpha value is -3.06. The molecule has 2 aromatic rings. The maximum atomic E-state index is 13.2. The number of likely N-dealkylation sites (tertiary alicyclic amines) is 1. The predicted octanol–water partition coefficient (Wildman–Crippen LogP) is 2.20. The Balaban J connectivity index is 2.12. The Morgan fingerprint density at radius 2 is 1.89 bits per heavy atom. The minimum Gasteiger partial charge on any atom is -0.507 e.